The second-order valence-corrected chi connectivity index (χ2v) is 8.06. The molecule has 1 saturated heterocycles. The molecule has 5 nitrogen and oxygen atoms in total. The third-order valence-electron chi connectivity index (χ3n) is 4.63. The topological polar surface area (TPSA) is 70.7 Å². The van der Waals surface area contributed by atoms with Crippen LogP contribution in [-0.2, 0) is 0 Å². The Kier molecular flexibility index (Phi) is 4.04. The largest absolute Gasteiger partial charge is 0.383 e. The number of carbonyl (C=O) groups is 1. The molecule has 130 valence electrons. The molecular formula is C17H16BrFN4OS. The minimum Gasteiger partial charge on any atom is -0.383 e. The third kappa shape index (κ3) is 2.93. The molecule has 1 amide bonds. The van der Waals surface area contributed by atoms with Crippen molar-refractivity contribution in [3.05, 3.63) is 50.4 Å². The van der Waals surface area contributed by atoms with Crippen molar-refractivity contribution in [2.24, 2.45) is 10.7 Å². The van der Waals surface area contributed by atoms with Crippen molar-refractivity contribution in [2.75, 3.05) is 18.4 Å². The highest BCUT2D eigenvalue weighted by atomic mass is 79.9. The monoisotopic (exact) mass is 422 g/mol. The van der Waals surface area contributed by atoms with Crippen LogP contribution in [0.15, 0.2) is 39.1 Å². The van der Waals surface area contributed by atoms with Crippen LogP contribution in [0.25, 0.3) is 0 Å². The number of hydrogen-bond acceptors (Lipinski definition) is 5. The number of halogens is 2. The van der Waals surface area contributed by atoms with E-state index in [2.05, 4.69) is 26.2 Å². The maximum atomic E-state index is 14.0. The second kappa shape index (κ2) is 6.10. The molecule has 0 radical (unpaired) electrons. The quantitative estimate of drug-likeness (QED) is 0.739. The number of piperidine rings is 1. The number of fused-ring (bicyclic) bond motifs is 1. The molecule has 0 bridgehead atoms. The fourth-order valence-corrected chi connectivity index (χ4v) is 4.74. The van der Waals surface area contributed by atoms with Gasteiger partial charge in [0.25, 0.3) is 5.91 Å². The number of hydrogen-bond donors (Lipinski definition) is 2. The van der Waals surface area contributed by atoms with E-state index >= 15 is 0 Å². The Balaban J connectivity index is 1.52. The van der Waals surface area contributed by atoms with Gasteiger partial charge in [0, 0.05) is 41.5 Å². The molecule has 1 spiro atoms. The third-order valence-corrected chi connectivity index (χ3v) is 6.31. The van der Waals surface area contributed by atoms with Crippen LogP contribution >= 0.6 is 27.3 Å². The van der Waals surface area contributed by atoms with E-state index in [0.29, 0.717) is 37.2 Å². The lowest BCUT2D eigenvalue weighted by Gasteiger charge is -2.42. The van der Waals surface area contributed by atoms with Gasteiger partial charge in [0.2, 0.25) is 0 Å². The standard InChI is InChI=1S/C17H16BrFN4OS/c18-10-8-13(25-9-10)16(24)23-6-4-17(5-7-23)21-12-3-1-2-11(19)14(12)15(20)22-17/h1-3,8-9,21H,4-7H2,(H2,20,22). The Bertz CT molecular complexity index is 873. The van der Waals surface area contributed by atoms with Crippen LogP contribution in [0.3, 0.4) is 0 Å². The van der Waals surface area contributed by atoms with E-state index in [0.717, 1.165) is 9.35 Å². The van der Waals surface area contributed by atoms with E-state index in [1.165, 1.54) is 17.4 Å². The summed E-state index contributed by atoms with van der Waals surface area (Å²) in [5.41, 5.74) is 6.45. The minimum absolute atomic E-state index is 0.0322. The molecule has 25 heavy (non-hydrogen) atoms. The predicted octanol–water partition coefficient (Wildman–Crippen LogP) is 3.41. The van der Waals surface area contributed by atoms with Crippen molar-refractivity contribution in [3.8, 4) is 0 Å². The van der Waals surface area contributed by atoms with E-state index in [4.69, 9.17) is 5.73 Å². The number of carbonyl (C=O) groups excluding carboxylic acids is 1. The molecule has 1 aromatic carbocycles. The van der Waals surface area contributed by atoms with Crippen LogP contribution in [0, 0.1) is 5.82 Å². The fourth-order valence-electron chi connectivity index (χ4n) is 3.35. The van der Waals surface area contributed by atoms with Gasteiger partial charge in [-0.25, -0.2) is 9.38 Å². The van der Waals surface area contributed by atoms with Gasteiger partial charge in [-0.1, -0.05) is 6.07 Å². The number of benzene rings is 1. The molecular weight excluding hydrogens is 407 g/mol. The number of nitrogens with one attached hydrogen (secondary N) is 1. The Labute approximate surface area is 156 Å². The first kappa shape index (κ1) is 16.5. The van der Waals surface area contributed by atoms with Gasteiger partial charge >= 0.3 is 0 Å². The highest BCUT2D eigenvalue weighted by molar-refractivity contribution is 9.10. The summed E-state index contributed by atoms with van der Waals surface area (Å²) in [6.45, 7) is 1.14. The van der Waals surface area contributed by atoms with Gasteiger partial charge in [-0.05, 0) is 34.1 Å². The van der Waals surface area contributed by atoms with Gasteiger partial charge in [0.05, 0.1) is 10.4 Å². The first-order valence-corrected chi connectivity index (χ1v) is 9.60. The van der Waals surface area contributed by atoms with E-state index in [1.54, 1.807) is 6.07 Å². The molecule has 0 saturated carbocycles. The van der Waals surface area contributed by atoms with Gasteiger partial charge in [-0.15, -0.1) is 11.3 Å². The molecule has 3 N–H and O–H groups in total. The van der Waals surface area contributed by atoms with Crippen LogP contribution in [-0.4, -0.2) is 35.4 Å². The predicted molar refractivity (Wildman–Crippen MR) is 101 cm³/mol. The van der Waals surface area contributed by atoms with Crippen molar-refractivity contribution in [1.82, 2.24) is 4.90 Å². The number of likely N-dealkylation sites (tertiary alicyclic amines) is 1. The average Bonchev–Trinajstić information content (AvgIpc) is 3.01. The number of nitrogens with zero attached hydrogens (tertiary/aromatic N) is 2. The molecule has 0 atom stereocenters. The molecule has 2 aliphatic rings. The number of nitrogens with two attached hydrogens (primary N) is 1. The summed E-state index contributed by atoms with van der Waals surface area (Å²) >= 11 is 4.81. The Morgan fingerprint density at radius 3 is 2.84 bits per heavy atom. The van der Waals surface area contributed by atoms with Crippen molar-refractivity contribution in [1.29, 1.82) is 0 Å². The smallest absolute Gasteiger partial charge is 0.263 e. The maximum absolute atomic E-state index is 14.0. The number of rotatable bonds is 1. The summed E-state index contributed by atoms with van der Waals surface area (Å²) in [5.74, 6) is -0.129. The lowest BCUT2D eigenvalue weighted by atomic mass is 9.93. The normalized spacial score (nSPS) is 18.5. The molecule has 8 heteroatoms. The summed E-state index contributed by atoms with van der Waals surface area (Å²) in [7, 11) is 0. The van der Waals surface area contributed by atoms with Crippen LogP contribution in [0.1, 0.15) is 28.1 Å². The Hall–Kier alpha value is -1.93. The van der Waals surface area contributed by atoms with Gasteiger partial charge in [-0.3, -0.25) is 4.79 Å². The number of thiophene rings is 1. The molecule has 2 aliphatic heterocycles. The summed E-state index contributed by atoms with van der Waals surface area (Å²) in [5, 5.41) is 5.24. The highest BCUT2D eigenvalue weighted by Crippen LogP contribution is 2.35. The molecule has 1 fully saturated rings. The van der Waals surface area contributed by atoms with E-state index in [9.17, 15) is 9.18 Å². The summed E-state index contributed by atoms with van der Waals surface area (Å²) in [6, 6.07) is 6.68. The van der Waals surface area contributed by atoms with Gasteiger partial charge in [0.1, 0.15) is 17.3 Å². The van der Waals surface area contributed by atoms with Crippen LogP contribution in [0.2, 0.25) is 0 Å². The zero-order valence-electron chi connectivity index (χ0n) is 13.3. The number of amidine groups is 1. The van der Waals surface area contributed by atoms with Crippen LogP contribution in [0.4, 0.5) is 10.1 Å². The molecule has 0 aliphatic carbocycles. The first-order valence-electron chi connectivity index (χ1n) is 7.93. The zero-order valence-corrected chi connectivity index (χ0v) is 15.7. The Morgan fingerprint density at radius 2 is 2.16 bits per heavy atom. The van der Waals surface area contributed by atoms with Crippen molar-refractivity contribution in [2.45, 2.75) is 18.5 Å². The van der Waals surface area contributed by atoms with Crippen molar-refractivity contribution < 1.29 is 9.18 Å². The van der Waals surface area contributed by atoms with Crippen molar-refractivity contribution >= 4 is 44.7 Å². The van der Waals surface area contributed by atoms with Crippen molar-refractivity contribution in [3.63, 3.8) is 0 Å². The lowest BCUT2D eigenvalue weighted by molar-refractivity contribution is 0.0690. The summed E-state index contributed by atoms with van der Waals surface area (Å²) < 4.78 is 14.9. The minimum atomic E-state index is -0.572. The summed E-state index contributed by atoms with van der Waals surface area (Å²) in [6.07, 6.45) is 1.25. The average molecular weight is 423 g/mol. The molecule has 4 rings (SSSR count). The molecule has 3 heterocycles. The number of amides is 1. The summed E-state index contributed by atoms with van der Waals surface area (Å²) in [4.78, 5) is 19.7. The van der Waals surface area contributed by atoms with E-state index in [-0.39, 0.29) is 17.6 Å². The second-order valence-electron chi connectivity index (χ2n) is 6.24. The fraction of sp³-hybridized carbons (Fsp3) is 0.294. The Morgan fingerprint density at radius 1 is 1.40 bits per heavy atom. The highest BCUT2D eigenvalue weighted by Gasteiger charge is 2.39. The molecule has 0 unspecified atom stereocenters. The number of aliphatic imine (C=N–C) groups is 1. The zero-order chi connectivity index (χ0) is 17.6. The molecule has 1 aromatic heterocycles. The van der Waals surface area contributed by atoms with E-state index in [1.807, 2.05) is 22.4 Å². The van der Waals surface area contributed by atoms with Gasteiger partial charge in [-0.2, -0.15) is 0 Å². The molecule has 2 aromatic rings. The van der Waals surface area contributed by atoms with E-state index < -0.39 is 5.66 Å². The maximum Gasteiger partial charge on any atom is 0.263 e. The van der Waals surface area contributed by atoms with Gasteiger partial charge in [0.15, 0.2) is 0 Å². The van der Waals surface area contributed by atoms with Gasteiger partial charge < -0.3 is 16.0 Å². The number of anilines is 1. The SMILES string of the molecule is NC1=NC2(CCN(C(=O)c3cc(Br)cs3)CC2)Nc2cccc(F)c21. The first-order chi connectivity index (χ1) is 12.0. The van der Waals surface area contributed by atoms with Crippen LogP contribution in [0.5, 0.6) is 0 Å². The lowest BCUT2D eigenvalue weighted by Crippen LogP contribution is -2.52. The van der Waals surface area contributed by atoms with Crippen LogP contribution < -0.4 is 11.1 Å².